The highest BCUT2D eigenvalue weighted by atomic mass is 16.5. The van der Waals surface area contributed by atoms with Crippen LogP contribution in [0.2, 0.25) is 0 Å². The molecule has 0 fully saturated rings. The van der Waals surface area contributed by atoms with E-state index in [0.717, 1.165) is 17.0 Å². The SMILES string of the molecule is COc1ccc([C@@H](O)CN2CNc3ccccc3C2=O)cc1. The molecule has 0 saturated heterocycles. The third kappa shape index (κ3) is 2.76. The number of methoxy groups -OCH3 is 1. The van der Waals surface area contributed by atoms with Crippen molar-refractivity contribution >= 4 is 11.6 Å². The fourth-order valence-electron chi connectivity index (χ4n) is 2.53. The number of β-amino-alcohol motifs (C(OH)–C–C–N with tert-alkyl or cyclic N) is 1. The van der Waals surface area contributed by atoms with Crippen LogP contribution in [0.5, 0.6) is 5.75 Å². The second kappa shape index (κ2) is 6.07. The van der Waals surface area contributed by atoms with Gasteiger partial charge in [0.1, 0.15) is 5.75 Å². The third-order valence-corrected chi connectivity index (χ3v) is 3.80. The summed E-state index contributed by atoms with van der Waals surface area (Å²) in [6, 6.07) is 14.6. The van der Waals surface area contributed by atoms with Crippen LogP contribution < -0.4 is 10.1 Å². The minimum absolute atomic E-state index is 0.0677. The molecule has 0 unspecified atom stereocenters. The summed E-state index contributed by atoms with van der Waals surface area (Å²) in [5.41, 5.74) is 2.23. The zero-order chi connectivity index (χ0) is 15.5. The van der Waals surface area contributed by atoms with Crippen molar-refractivity contribution in [2.75, 3.05) is 25.6 Å². The predicted molar refractivity (Wildman–Crippen MR) is 83.9 cm³/mol. The van der Waals surface area contributed by atoms with Crippen LogP contribution in [0.1, 0.15) is 22.0 Å². The first-order valence-electron chi connectivity index (χ1n) is 7.13. The maximum atomic E-state index is 12.4. The molecular formula is C17H18N2O3. The number of anilines is 1. The second-order valence-electron chi connectivity index (χ2n) is 5.20. The normalized spacial score (nSPS) is 15.0. The first-order chi connectivity index (χ1) is 10.7. The van der Waals surface area contributed by atoms with Crippen molar-refractivity contribution in [3.05, 3.63) is 59.7 Å². The Morgan fingerprint density at radius 1 is 1.23 bits per heavy atom. The lowest BCUT2D eigenvalue weighted by Gasteiger charge is -2.31. The number of amides is 1. The Morgan fingerprint density at radius 2 is 1.95 bits per heavy atom. The molecule has 1 amide bonds. The lowest BCUT2D eigenvalue weighted by molar-refractivity contribution is 0.0628. The van der Waals surface area contributed by atoms with Crippen molar-refractivity contribution in [2.24, 2.45) is 0 Å². The molecule has 0 saturated carbocycles. The minimum atomic E-state index is -0.734. The monoisotopic (exact) mass is 298 g/mol. The molecule has 0 aromatic heterocycles. The van der Waals surface area contributed by atoms with E-state index in [4.69, 9.17) is 4.74 Å². The number of carbonyl (C=O) groups excluding carboxylic acids is 1. The van der Waals surface area contributed by atoms with Crippen LogP contribution >= 0.6 is 0 Å². The van der Waals surface area contributed by atoms with E-state index in [0.29, 0.717) is 12.2 Å². The van der Waals surface area contributed by atoms with Crippen molar-refractivity contribution in [3.8, 4) is 5.75 Å². The molecule has 1 aliphatic heterocycles. The number of hydrogen-bond acceptors (Lipinski definition) is 4. The molecular weight excluding hydrogens is 280 g/mol. The average Bonchev–Trinajstić information content (AvgIpc) is 2.57. The maximum Gasteiger partial charge on any atom is 0.257 e. The number of nitrogens with one attached hydrogen (secondary N) is 1. The van der Waals surface area contributed by atoms with E-state index in [-0.39, 0.29) is 12.5 Å². The van der Waals surface area contributed by atoms with E-state index in [1.165, 1.54) is 0 Å². The highest BCUT2D eigenvalue weighted by Gasteiger charge is 2.25. The van der Waals surface area contributed by atoms with Gasteiger partial charge in [0.2, 0.25) is 0 Å². The Balaban J connectivity index is 1.72. The molecule has 2 aromatic rings. The second-order valence-corrected chi connectivity index (χ2v) is 5.20. The maximum absolute atomic E-state index is 12.4. The van der Waals surface area contributed by atoms with Crippen LogP contribution in [0.3, 0.4) is 0 Å². The van der Waals surface area contributed by atoms with E-state index in [1.54, 1.807) is 42.3 Å². The molecule has 0 aliphatic carbocycles. The van der Waals surface area contributed by atoms with Gasteiger partial charge >= 0.3 is 0 Å². The summed E-state index contributed by atoms with van der Waals surface area (Å²) < 4.78 is 5.10. The third-order valence-electron chi connectivity index (χ3n) is 3.80. The van der Waals surface area contributed by atoms with Crippen molar-refractivity contribution in [1.29, 1.82) is 0 Å². The van der Waals surface area contributed by atoms with E-state index >= 15 is 0 Å². The molecule has 5 heteroatoms. The zero-order valence-electron chi connectivity index (χ0n) is 12.3. The van der Waals surface area contributed by atoms with Gasteiger partial charge in [-0.2, -0.15) is 0 Å². The van der Waals surface area contributed by atoms with Gasteiger partial charge in [-0.05, 0) is 29.8 Å². The molecule has 1 atom stereocenters. The first kappa shape index (κ1) is 14.4. The Hall–Kier alpha value is -2.53. The van der Waals surface area contributed by atoms with Gasteiger partial charge in [-0.25, -0.2) is 0 Å². The Morgan fingerprint density at radius 3 is 2.68 bits per heavy atom. The van der Waals surface area contributed by atoms with Gasteiger partial charge in [0.25, 0.3) is 5.91 Å². The minimum Gasteiger partial charge on any atom is -0.497 e. The largest absolute Gasteiger partial charge is 0.497 e. The van der Waals surface area contributed by atoms with Crippen molar-refractivity contribution in [2.45, 2.75) is 6.10 Å². The smallest absolute Gasteiger partial charge is 0.257 e. The Kier molecular flexibility index (Phi) is 3.98. The van der Waals surface area contributed by atoms with Gasteiger partial charge in [0.05, 0.1) is 32.0 Å². The number of hydrogen-bond donors (Lipinski definition) is 2. The fourth-order valence-corrected chi connectivity index (χ4v) is 2.53. The van der Waals surface area contributed by atoms with Crippen LogP contribution in [-0.4, -0.2) is 36.2 Å². The molecule has 0 bridgehead atoms. The zero-order valence-corrected chi connectivity index (χ0v) is 12.3. The summed E-state index contributed by atoms with van der Waals surface area (Å²) in [6.07, 6.45) is -0.734. The number of aliphatic hydroxyl groups is 1. The highest BCUT2D eigenvalue weighted by Crippen LogP contribution is 2.24. The molecule has 114 valence electrons. The van der Waals surface area contributed by atoms with Crippen molar-refractivity contribution < 1.29 is 14.6 Å². The van der Waals surface area contributed by atoms with Gasteiger partial charge in [-0.3, -0.25) is 4.79 Å². The van der Waals surface area contributed by atoms with Gasteiger partial charge < -0.3 is 20.1 Å². The number of ether oxygens (including phenoxy) is 1. The Bertz CT molecular complexity index is 670. The molecule has 3 rings (SSSR count). The molecule has 5 nitrogen and oxygen atoms in total. The van der Waals surface area contributed by atoms with E-state index in [2.05, 4.69) is 5.32 Å². The number of rotatable bonds is 4. The molecule has 0 radical (unpaired) electrons. The molecule has 2 N–H and O–H groups in total. The van der Waals surface area contributed by atoms with Crippen LogP contribution in [0, 0.1) is 0 Å². The number of fused-ring (bicyclic) bond motifs is 1. The number of nitrogens with zero attached hydrogens (tertiary/aromatic N) is 1. The molecule has 1 heterocycles. The van der Waals surface area contributed by atoms with E-state index < -0.39 is 6.10 Å². The molecule has 0 spiro atoms. The summed E-state index contributed by atoms with van der Waals surface area (Å²) in [6.45, 7) is 0.634. The van der Waals surface area contributed by atoms with Crippen molar-refractivity contribution in [1.82, 2.24) is 4.90 Å². The number of aliphatic hydroxyl groups excluding tert-OH is 1. The number of carbonyl (C=O) groups is 1. The highest BCUT2D eigenvalue weighted by molar-refractivity contribution is 6.01. The number of para-hydroxylation sites is 1. The Labute approximate surface area is 129 Å². The summed E-state index contributed by atoms with van der Waals surface area (Å²) in [7, 11) is 1.60. The average molecular weight is 298 g/mol. The van der Waals surface area contributed by atoms with Crippen LogP contribution in [0.15, 0.2) is 48.5 Å². The lowest BCUT2D eigenvalue weighted by atomic mass is 10.1. The van der Waals surface area contributed by atoms with E-state index in [9.17, 15) is 9.90 Å². The summed E-state index contributed by atoms with van der Waals surface area (Å²) in [5.74, 6) is 0.669. The molecule has 22 heavy (non-hydrogen) atoms. The predicted octanol–water partition coefficient (Wildman–Crippen LogP) is 2.25. The van der Waals surface area contributed by atoms with Crippen molar-refractivity contribution in [3.63, 3.8) is 0 Å². The van der Waals surface area contributed by atoms with E-state index in [1.807, 2.05) is 18.2 Å². The number of benzene rings is 2. The fraction of sp³-hybridized carbons (Fsp3) is 0.235. The van der Waals surface area contributed by atoms with Gasteiger partial charge in [0.15, 0.2) is 0 Å². The standard InChI is InChI=1S/C17H18N2O3/c1-22-13-8-6-12(7-9-13)16(20)10-19-11-18-15-5-3-2-4-14(15)17(19)21/h2-9,16,18,20H,10-11H2,1H3/t16-/m0/s1. The van der Waals surface area contributed by atoms with Gasteiger partial charge in [-0.15, -0.1) is 0 Å². The first-order valence-corrected chi connectivity index (χ1v) is 7.13. The molecule has 1 aliphatic rings. The molecule has 2 aromatic carbocycles. The van der Waals surface area contributed by atoms with Crippen LogP contribution in [0.25, 0.3) is 0 Å². The summed E-state index contributed by atoms with van der Waals surface area (Å²) in [5, 5.41) is 13.5. The quantitative estimate of drug-likeness (QED) is 0.909. The van der Waals surface area contributed by atoms with Crippen LogP contribution in [0.4, 0.5) is 5.69 Å². The van der Waals surface area contributed by atoms with Gasteiger partial charge in [0, 0.05) is 5.69 Å². The topological polar surface area (TPSA) is 61.8 Å². The van der Waals surface area contributed by atoms with Crippen LogP contribution in [-0.2, 0) is 0 Å². The van der Waals surface area contributed by atoms with Gasteiger partial charge in [-0.1, -0.05) is 24.3 Å². The lowest BCUT2D eigenvalue weighted by Crippen LogP contribution is -2.42. The summed E-state index contributed by atoms with van der Waals surface area (Å²) in [4.78, 5) is 14.0. The summed E-state index contributed by atoms with van der Waals surface area (Å²) >= 11 is 0.